The van der Waals surface area contributed by atoms with E-state index in [2.05, 4.69) is 67.5 Å². The molecule has 0 bridgehead atoms. The van der Waals surface area contributed by atoms with Crippen LogP contribution in [0.4, 0.5) is 0 Å². The molecule has 0 saturated carbocycles. The van der Waals surface area contributed by atoms with Gasteiger partial charge in [-0.15, -0.1) is 22.7 Å². The third kappa shape index (κ3) is 4.77. The SMILES string of the molecule is CCC(Cn1c(-c2cc(C)sc2C)c(-c2cc(C)sc2C)oc1=O)CC(C)(C)C. The summed E-state index contributed by atoms with van der Waals surface area (Å²) in [5.41, 5.74) is 3.35. The minimum absolute atomic E-state index is 0.229. The second-order valence-corrected chi connectivity index (χ2v) is 12.3. The molecule has 3 rings (SSSR count). The number of rotatable bonds is 6. The highest BCUT2D eigenvalue weighted by Gasteiger charge is 2.27. The number of hydrogen-bond donors (Lipinski definition) is 0. The molecule has 1 atom stereocenters. The van der Waals surface area contributed by atoms with Crippen molar-refractivity contribution in [1.29, 1.82) is 0 Å². The quantitative estimate of drug-likeness (QED) is 0.403. The zero-order chi connectivity index (χ0) is 21.5. The molecule has 158 valence electrons. The van der Waals surface area contributed by atoms with Gasteiger partial charge in [0.15, 0.2) is 5.76 Å². The van der Waals surface area contributed by atoms with Gasteiger partial charge >= 0.3 is 5.76 Å². The molecule has 0 amide bonds. The maximum atomic E-state index is 13.1. The Kier molecular flexibility index (Phi) is 6.30. The average molecular weight is 432 g/mol. The van der Waals surface area contributed by atoms with Gasteiger partial charge in [0.2, 0.25) is 0 Å². The molecule has 3 aromatic rings. The molecule has 0 aliphatic heterocycles. The van der Waals surface area contributed by atoms with E-state index in [4.69, 9.17) is 4.42 Å². The fourth-order valence-corrected chi connectivity index (χ4v) is 6.05. The van der Waals surface area contributed by atoms with Crippen LogP contribution in [0.3, 0.4) is 0 Å². The van der Waals surface area contributed by atoms with Crippen molar-refractivity contribution in [2.24, 2.45) is 11.3 Å². The van der Waals surface area contributed by atoms with Crippen molar-refractivity contribution in [3.05, 3.63) is 42.2 Å². The summed E-state index contributed by atoms with van der Waals surface area (Å²) in [6, 6.07) is 4.34. The fourth-order valence-electron chi connectivity index (χ4n) is 4.21. The van der Waals surface area contributed by atoms with E-state index in [0.717, 1.165) is 35.4 Å². The molecule has 0 radical (unpaired) electrons. The Labute approximate surface area is 182 Å². The fraction of sp³-hybridized carbons (Fsp3) is 0.542. The van der Waals surface area contributed by atoms with Crippen LogP contribution >= 0.6 is 22.7 Å². The summed E-state index contributed by atoms with van der Waals surface area (Å²) in [5.74, 6) is 0.916. The van der Waals surface area contributed by atoms with Gasteiger partial charge in [-0.2, -0.15) is 0 Å². The lowest BCUT2D eigenvalue weighted by Crippen LogP contribution is -2.24. The van der Waals surface area contributed by atoms with E-state index in [1.165, 1.54) is 19.5 Å². The highest BCUT2D eigenvalue weighted by atomic mass is 32.1. The minimum atomic E-state index is -0.242. The van der Waals surface area contributed by atoms with Crippen LogP contribution in [0.5, 0.6) is 0 Å². The van der Waals surface area contributed by atoms with Crippen molar-refractivity contribution in [1.82, 2.24) is 4.57 Å². The van der Waals surface area contributed by atoms with E-state index >= 15 is 0 Å². The Morgan fingerprint density at radius 1 is 1.00 bits per heavy atom. The Balaban J connectivity index is 2.19. The van der Waals surface area contributed by atoms with Crippen molar-refractivity contribution >= 4 is 22.7 Å². The normalized spacial score (nSPS) is 13.2. The molecule has 29 heavy (non-hydrogen) atoms. The second-order valence-electron chi connectivity index (χ2n) is 9.35. The van der Waals surface area contributed by atoms with E-state index in [9.17, 15) is 4.79 Å². The van der Waals surface area contributed by atoms with Crippen molar-refractivity contribution in [3.8, 4) is 22.6 Å². The van der Waals surface area contributed by atoms with Crippen LogP contribution in [0.25, 0.3) is 22.6 Å². The first-order valence-corrected chi connectivity index (χ1v) is 12.0. The molecular formula is C24H33NO2S2. The Morgan fingerprint density at radius 2 is 1.55 bits per heavy atom. The maximum Gasteiger partial charge on any atom is 0.420 e. The zero-order valence-corrected chi connectivity index (χ0v) is 20.6. The number of hydrogen-bond acceptors (Lipinski definition) is 4. The van der Waals surface area contributed by atoms with Crippen molar-refractivity contribution in [2.75, 3.05) is 0 Å². The first-order chi connectivity index (χ1) is 13.5. The van der Waals surface area contributed by atoms with Gasteiger partial charge in [-0.05, 0) is 57.6 Å². The van der Waals surface area contributed by atoms with Crippen molar-refractivity contribution in [3.63, 3.8) is 0 Å². The lowest BCUT2D eigenvalue weighted by Gasteiger charge is -2.25. The predicted molar refractivity (Wildman–Crippen MR) is 126 cm³/mol. The van der Waals surface area contributed by atoms with Crippen molar-refractivity contribution in [2.45, 2.75) is 74.8 Å². The molecule has 0 spiro atoms. The van der Waals surface area contributed by atoms with Crippen LogP contribution in [0.1, 0.15) is 60.0 Å². The standard InChI is InChI=1S/C24H33NO2S2/c1-9-18(12-24(6,7)8)13-25-21(19-10-14(2)28-16(19)4)22(27-23(25)26)20-11-15(3)29-17(20)5/h10-11,18H,9,12-13H2,1-8H3. The monoisotopic (exact) mass is 431 g/mol. The molecule has 0 aliphatic rings. The van der Waals surface area contributed by atoms with Crippen LogP contribution in [-0.2, 0) is 6.54 Å². The van der Waals surface area contributed by atoms with Crippen molar-refractivity contribution < 1.29 is 4.42 Å². The summed E-state index contributed by atoms with van der Waals surface area (Å²) in [5, 5.41) is 0. The summed E-state index contributed by atoms with van der Waals surface area (Å²) in [4.78, 5) is 18.0. The summed E-state index contributed by atoms with van der Waals surface area (Å²) in [6.07, 6.45) is 2.12. The summed E-state index contributed by atoms with van der Waals surface area (Å²) in [6.45, 7) is 18.2. The molecule has 3 aromatic heterocycles. The Bertz CT molecular complexity index is 1060. The molecule has 0 aromatic carbocycles. The van der Waals surface area contributed by atoms with Crippen LogP contribution in [0.2, 0.25) is 0 Å². The molecule has 0 aliphatic carbocycles. The smallest absolute Gasteiger partial charge is 0.407 e. The highest BCUT2D eigenvalue weighted by Crippen LogP contribution is 2.41. The first-order valence-electron chi connectivity index (χ1n) is 10.4. The Morgan fingerprint density at radius 3 is 2.00 bits per heavy atom. The molecule has 3 heterocycles. The third-order valence-corrected chi connectivity index (χ3v) is 7.33. The van der Waals surface area contributed by atoms with Gasteiger partial charge in [-0.1, -0.05) is 34.1 Å². The third-order valence-electron chi connectivity index (χ3n) is 5.40. The number of aryl methyl sites for hydroxylation is 4. The van der Waals surface area contributed by atoms with Gasteiger partial charge in [-0.3, -0.25) is 4.57 Å². The van der Waals surface area contributed by atoms with Gasteiger partial charge in [0.25, 0.3) is 0 Å². The van der Waals surface area contributed by atoms with Gasteiger partial charge in [0, 0.05) is 37.2 Å². The number of thiophene rings is 2. The number of oxazole rings is 1. The zero-order valence-electron chi connectivity index (χ0n) is 18.9. The minimum Gasteiger partial charge on any atom is -0.407 e. The molecule has 1 unspecified atom stereocenters. The second kappa shape index (κ2) is 8.27. The average Bonchev–Trinajstić information content (AvgIpc) is 3.21. The molecule has 0 saturated heterocycles. The molecule has 0 N–H and O–H groups in total. The topological polar surface area (TPSA) is 35.1 Å². The maximum absolute atomic E-state index is 13.1. The lowest BCUT2D eigenvalue weighted by atomic mass is 9.83. The summed E-state index contributed by atoms with van der Waals surface area (Å²) in [7, 11) is 0. The highest BCUT2D eigenvalue weighted by molar-refractivity contribution is 7.12. The number of nitrogens with zero attached hydrogens (tertiary/aromatic N) is 1. The lowest BCUT2D eigenvalue weighted by molar-refractivity contribution is 0.260. The van der Waals surface area contributed by atoms with E-state index in [-0.39, 0.29) is 11.2 Å². The van der Waals surface area contributed by atoms with E-state index in [1.54, 1.807) is 22.7 Å². The van der Waals surface area contributed by atoms with Gasteiger partial charge in [0.1, 0.15) is 0 Å². The van der Waals surface area contributed by atoms with E-state index in [0.29, 0.717) is 12.5 Å². The van der Waals surface area contributed by atoms with Crippen LogP contribution in [0.15, 0.2) is 21.3 Å². The molecule has 3 nitrogen and oxygen atoms in total. The van der Waals surface area contributed by atoms with Gasteiger partial charge < -0.3 is 4.42 Å². The molecular weight excluding hydrogens is 398 g/mol. The molecule has 5 heteroatoms. The summed E-state index contributed by atoms with van der Waals surface area (Å²) < 4.78 is 7.84. The Hall–Kier alpha value is -1.59. The van der Waals surface area contributed by atoms with Crippen LogP contribution in [0, 0.1) is 39.0 Å². The largest absolute Gasteiger partial charge is 0.420 e. The van der Waals surface area contributed by atoms with E-state index < -0.39 is 0 Å². The van der Waals surface area contributed by atoms with Gasteiger partial charge in [-0.25, -0.2) is 4.79 Å². The summed E-state index contributed by atoms with van der Waals surface area (Å²) >= 11 is 3.53. The van der Waals surface area contributed by atoms with Gasteiger partial charge in [0.05, 0.1) is 5.69 Å². The van der Waals surface area contributed by atoms with Crippen LogP contribution < -0.4 is 5.76 Å². The first kappa shape index (κ1) is 22.1. The molecule has 0 fully saturated rings. The predicted octanol–water partition coefficient (Wildman–Crippen LogP) is 7.59. The van der Waals surface area contributed by atoms with E-state index in [1.807, 2.05) is 4.57 Å². The van der Waals surface area contributed by atoms with Crippen LogP contribution in [-0.4, -0.2) is 4.57 Å². The number of aromatic nitrogens is 1.